The third kappa shape index (κ3) is 3.10. The maximum absolute atomic E-state index is 12.2. The van der Waals surface area contributed by atoms with Crippen molar-refractivity contribution >= 4 is 17.4 Å². The highest BCUT2D eigenvalue weighted by Crippen LogP contribution is 2.45. The Bertz CT molecular complexity index is 975. The molecule has 29 heavy (non-hydrogen) atoms. The van der Waals surface area contributed by atoms with Gasteiger partial charge >= 0.3 is 6.09 Å². The first kappa shape index (κ1) is 19.2. The van der Waals surface area contributed by atoms with Crippen LogP contribution in [0.1, 0.15) is 50.9 Å². The van der Waals surface area contributed by atoms with Crippen molar-refractivity contribution in [3.05, 3.63) is 51.6 Å². The number of hydrogen-bond donors (Lipinski definition) is 0. The fraction of sp³-hybridized carbons (Fsp3) is 0.500. The van der Waals surface area contributed by atoms with Crippen LogP contribution in [-0.4, -0.2) is 56.3 Å². The first-order valence-corrected chi connectivity index (χ1v) is 9.65. The number of rotatable bonds is 2. The van der Waals surface area contributed by atoms with Gasteiger partial charge in [-0.05, 0) is 45.3 Å². The molecule has 0 aromatic carbocycles. The zero-order valence-corrected chi connectivity index (χ0v) is 17.1. The largest absolute Gasteiger partial charge is 0.444 e. The second-order valence-corrected chi connectivity index (χ2v) is 8.61. The molecule has 1 aromatic heterocycles. The quantitative estimate of drug-likeness (QED) is 0.560. The first-order chi connectivity index (χ1) is 13.6. The Hall–Kier alpha value is -3.10. The van der Waals surface area contributed by atoms with Crippen molar-refractivity contribution in [2.24, 2.45) is 0 Å². The molecule has 1 aromatic rings. The second kappa shape index (κ2) is 6.47. The number of likely N-dealkylation sites (tertiary alicyclic amines) is 1. The van der Waals surface area contributed by atoms with Gasteiger partial charge in [-0.15, -0.1) is 0 Å². The Morgan fingerprint density at radius 3 is 2.69 bits per heavy atom. The van der Waals surface area contributed by atoms with Crippen molar-refractivity contribution in [1.29, 1.82) is 0 Å². The van der Waals surface area contributed by atoms with Gasteiger partial charge < -0.3 is 14.5 Å². The Morgan fingerprint density at radius 1 is 1.38 bits per heavy atom. The number of carbonyl (C=O) groups excluding carboxylic acids is 1. The molecule has 1 amide bonds. The summed E-state index contributed by atoms with van der Waals surface area (Å²) in [5, 5.41) is 16.1. The van der Waals surface area contributed by atoms with Crippen molar-refractivity contribution in [3.63, 3.8) is 0 Å². The molecule has 0 saturated carbocycles. The highest BCUT2D eigenvalue weighted by atomic mass is 16.6. The van der Waals surface area contributed by atoms with Crippen LogP contribution in [0.3, 0.4) is 0 Å². The molecule has 9 heteroatoms. The lowest BCUT2D eigenvalue weighted by Gasteiger charge is -2.41. The average molecular weight is 399 g/mol. The molecule has 3 aliphatic rings. The van der Waals surface area contributed by atoms with Gasteiger partial charge in [0.05, 0.1) is 28.6 Å². The molecule has 0 unspecified atom stereocenters. The number of likely N-dealkylation sites (N-methyl/N-ethyl adjacent to an activating group) is 1. The number of fused-ring (bicyclic) bond motifs is 2. The number of allylic oxidation sites excluding steroid dienone is 2. The summed E-state index contributed by atoms with van der Waals surface area (Å²) < 4.78 is 7.31. The first-order valence-electron chi connectivity index (χ1n) is 9.65. The van der Waals surface area contributed by atoms with Crippen LogP contribution in [-0.2, 0) is 4.74 Å². The average Bonchev–Trinajstić information content (AvgIpc) is 3.01. The van der Waals surface area contributed by atoms with E-state index >= 15 is 0 Å². The highest BCUT2D eigenvalue weighted by molar-refractivity contribution is 5.86. The van der Waals surface area contributed by atoms with Gasteiger partial charge in [-0.3, -0.25) is 14.8 Å². The Morgan fingerprint density at radius 2 is 2.07 bits per heavy atom. The topological polar surface area (TPSA) is 93.7 Å². The van der Waals surface area contributed by atoms with Gasteiger partial charge in [0.1, 0.15) is 11.3 Å². The normalized spacial score (nSPS) is 19.4. The molecular formula is C20H25N5O4. The van der Waals surface area contributed by atoms with Gasteiger partial charge in [0.25, 0.3) is 5.70 Å². The predicted octanol–water partition coefficient (Wildman–Crippen LogP) is 3.26. The van der Waals surface area contributed by atoms with Crippen LogP contribution < -0.4 is 0 Å². The standard InChI is InChI=1S/C20H25N5O4/c1-12-17-15(14-7-6-8-16(25(27)28)18(14)22(12)5)9-21-24(17)13-10-23(11-13)19(26)29-20(2,3)4/h8-9,13H,1,6-7,10-11H2,2-5H3. The molecule has 9 nitrogen and oxygen atoms in total. The van der Waals surface area contributed by atoms with Crippen LogP contribution in [0.5, 0.6) is 0 Å². The number of hydrogen-bond acceptors (Lipinski definition) is 6. The minimum Gasteiger partial charge on any atom is -0.444 e. The van der Waals surface area contributed by atoms with Crippen molar-refractivity contribution in [1.82, 2.24) is 19.6 Å². The van der Waals surface area contributed by atoms with Gasteiger partial charge in [0, 0.05) is 25.7 Å². The molecule has 0 atom stereocenters. The summed E-state index contributed by atoms with van der Waals surface area (Å²) in [5.74, 6) is 0. The summed E-state index contributed by atoms with van der Waals surface area (Å²) in [6.07, 6.45) is 4.45. The summed E-state index contributed by atoms with van der Waals surface area (Å²) in [6, 6.07) is 0.0210. The number of nitrogens with zero attached hydrogens (tertiary/aromatic N) is 5. The van der Waals surface area contributed by atoms with E-state index in [0.717, 1.165) is 23.3 Å². The van der Waals surface area contributed by atoms with E-state index in [4.69, 9.17) is 4.74 Å². The molecule has 0 spiro atoms. The van der Waals surface area contributed by atoms with Crippen molar-refractivity contribution < 1.29 is 14.5 Å². The smallest absolute Gasteiger partial charge is 0.410 e. The Kier molecular flexibility index (Phi) is 4.29. The van der Waals surface area contributed by atoms with Crippen LogP contribution in [0.15, 0.2) is 30.2 Å². The third-order valence-corrected chi connectivity index (χ3v) is 5.45. The van der Waals surface area contributed by atoms with Crippen molar-refractivity contribution in [2.75, 3.05) is 20.1 Å². The summed E-state index contributed by atoms with van der Waals surface area (Å²) in [6.45, 7) is 10.7. The Labute approximate surface area is 169 Å². The zero-order valence-electron chi connectivity index (χ0n) is 17.1. The van der Waals surface area contributed by atoms with Crippen LogP contribution in [0.4, 0.5) is 4.79 Å². The summed E-state index contributed by atoms with van der Waals surface area (Å²) in [7, 11) is 1.80. The Balaban J connectivity index is 1.61. The van der Waals surface area contributed by atoms with E-state index in [1.165, 1.54) is 0 Å². The third-order valence-electron chi connectivity index (χ3n) is 5.45. The maximum atomic E-state index is 12.2. The molecule has 3 heterocycles. The van der Waals surface area contributed by atoms with E-state index in [-0.39, 0.29) is 22.8 Å². The van der Waals surface area contributed by atoms with E-state index in [0.29, 0.717) is 30.9 Å². The molecule has 2 aliphatic heterocycles. The minimum absolute atomic E-state index is 0.0210. The SMILES string of the molecule is C=C1c2c(cnn2C2CN(C(=O)OC(C)(C)C)C2)C2=C(C([N+](=O)[O-])=CCC2)N1C. The van der Waals surface area contributed by atoms with Gasteiger partial charge in [-0.25, -0.2) is 4.79 Å². The molecular weight excluding hydrogens is 374 g/mol. The van der Waals surface area contributed by atoms with E-state index in [9.17, 15) is 14.9 Å². The molecule has 0 radical (unpaired) electrons. The number of carbonyl (C=O) groups is 1. The summed E-state index contributed by atoms with van der Waals surface area (Å²) >= 11 is 0. The lowest BCUT2D eigenvalue weighted by molar-refractivity contribution is -0.422. The number of ether oxygens (including phenoxy) is 1. The van der Waals surface area contributed by atoms with Crippen molar-refractivity contribution in [3.8, 4) is 0 Å². The maximum Gasteiger partial charge on any atom is 0.410 e. The number of amides is 1. The lowest BCUT2D eigenvalue weighted by atomic mass is 9.89. The second-order valence-electron chi connectivity index (χ2n) is 8.61. The highest BCUT2D eigenvalue weighted by Gasteiger charge is 2.41. The summed E-state index contributed by atoms with van der Waals surface area (Å²) in [4.78, 5) is 26.8. The van der Waals surface area contributed by atoms with Gasteiger partial charge in [-0.2, -0.15) is 5.10 Å². The molecule has 1 saturated heterocycles. The van der Waals surface area contributed by atoms with E-state index in [1.807, 2.05) is 25.5 Å². The fourth-order valence-corrected chi connectivity index (χ4v) is 4.05. The zero-order chi connectivity index (χ0) is 21.1. The molecule has 4 rings (SSSR count). The lowest BCUT2D eigenvalue weighted by Crippen LogP contribution is -2.52. The van der Waals surface area contributed by atoms with Crippen LogP contribution in [0.25, 0.3) is 11.3 Å². The molecule has 0 N–H and O–H groups in total. The van der Waals surface area contributed by atoms with Gasteiger partial charge in [0.15, 0.2) is 0 Å². The molecule has 1 fully saturated rings. The van der Waals surface area contributed by atoms with E-state index < -0.39 is 5.60 Å². The molecule has 0 bridgehead atoms. The summed E-state index contributed by atoms with van der Waals surface area (Å²) in [5.41, 5.74) is 3.54. The van der Waals surface area contributed by atoms with E-state index in [1.54, 1.807) is 29.1 Å². The molecule has 154 valence electrons. The van der Waals surface area contributed by atoms with E-state index in [2.05, 4.69) is 11.7 Å². The number of nitro groups is 1. The monoisotopic (exact) mass is 399 g/mol. The predicted molar refractivity (Wildman–Crippen MR) is 107 cm³/mol. The van der Waals surface area contributed by atoms with Crippen LogP contribution in [0, 0.1) is 10.1 Å². The minimum atomic E-state index is -0.532. The molecule has 1 aliphatic carbocycles. The van der Waals surface area contributed by atoms with Crippen molar-refractivity contribution in [2.45, 2.75) is 45.3 Å². The van der Waals surface area contributed by atoms with Crippen LogP contribution in [0.2, 0.25) is 0 Å². The van der Waals surface area contributed by atoms with Gasteiger partial charge in [0.2, 0.25) is 0 Å². The van der Waals surface area contributed by atoms with Crippen LogP contribution >= 0.6 is 0 Å². The number of aromatic nitrogens is 2. The van der Waals surface area contributed by atoms with Gasteiger partial charge in [-0.1, -0.05) is 6.58 Å². The fourth-order valence-electron chi connectivity index (χ4n) is 4.05.